The van der Waals surface area contributed by atoms with E-state index in [2.05, 4.69) is 271 Å². The Balaban J connectivity index is 0.856. The molecule has 11 aromatic carbocycles. The van der Waals surface area contributed by atoms with Crippen molar-refractivity contribution in [3.05, 3.63) is 306 Å². The van der Waals surface area contributed by atoms with E-state index in [1.807, 2.05) is 0 Å². The van der Waals surface area contributed by atoms with Crippen LogP contribution in [-0.4, -0.2) is 4.57 Å². The molecule has 0 N–H and O–H groups in total. The molecule has 0 spiro atoms. The third-order valence-electron chi connectivity index (χ3n) is 14.7. The molecule has 1 aliphatic rings. The van der Waals surface area contributed by atoms with Crippen LogP contribution in [0.4, 0.5) is 0 Å². The van der Waals surface area contributed by atoms with Crippen LogP contribution in [0.15, 0.2) is 267 Å². The zero-order chi connectivity index (χ0) is 46.4. The number of aryl methyl sites for hydroxylation is 1. The fraction of sp³-hybridized carbons (Fsp3) is 0.0435. The van der Waals surface area contributed by atoms with Gasteiger partial charge in [-0.25, -0.2) is 0 Å². The van der Waals surface area contributed by atoms with Gasteiger partial charge in [-0.2, -0.15) is 0 Å². The maximum absolute atomic E-state index is 2.53. The fourth-order valence-electron chi connectivity index (χ4n) is 11.3. The first-order valence-corrected chi connectivity index (χ1v) is 24.6. The van der Waals surface area contributed by atoms with Crippen LogP contribution in [0.2, 0.25) is 0 Å². The van der Waals surface area contributed by atoms with Crippen LogP contribution in [-0.2, 0) is 6.42 Å². The van der Waals surface area contributed by atoms with Gasteiger partial charge in [-0.05, 0) is 143 Å². The highest BCUT2D eigenvalue weighted by molar-refractivity contribution is 6.14. The molecule has 0 amide bonds. The second kappa shape index (κ2) is 17.7. The van der Waals surface area contributed by atoms with Gasteiger partial charge in [0.15, 0.2) is 0 Å². The Morgan fingerprint density at radius 3 is 1.67 bits per heavy atom. The normalized spacial score (nSPS) is 12.3. The number of hydrogen-bond acceptors (Lipinski definition) is 0. The van der Waals surface area contributed by atoms with Crippen LogP contribution < -0.4 is 0 Å². The number of para-hydroxylation sites is 1. The van der Waals surface area contributed by atoms with Crippen molar-refractivity contribution in [3.63, 3.8) is 0 Å². The van der Waals surface area contributed by atoms with Crippen molar-refractivity contribution in [2.75, 3.05) is 0 Å². The minimum absolute atomic E-state index is 0.173. The number of aromatic nitrogens is 1. The monoisotopic (exact) mass is 891 g/mol. The van der Waals surface area contributed by atoms with Crippen molar-refractivity contribution in [2.45, 2.75) is 18.8 Å². The predicted molar refractivity (Wildman–Crippen MR) is 296 cm³/mol. The SMILES string of the molecule is c1ccc(C(=C2c3ccccc3-c3ccc(C(CCc4ccc(-c5ccc6c(c5)c5ccccc5n6-c5ccc(-c6ccccc6)cc5)cc4)c4cccc5ccccc45)cc32)c2ccccc2)cc1. The van der Waals surface area contributed by atoms with Crippen molar-refractivity contribution in [1.82, 2.24) is 4.57 Å². The van der Waals surface area contributed by atoms with Gasteiger partial charge in [0, 0.05) is 22.4 Å². The number of hydrogen-bond donors (Lipinski definition) is 0. The summed E-state index contributed by atoms with van der Waals surface area (Å²) in [6.45, 7) is 0. The average molecular weight is 892 g/mol. The summed E-state index contributed by atoms with van der Waals surface area (Å²) >= 11 is 0. The third-order valence-corrected chi connectivity index (χ3v) is 14.7. The Bertz CT molecular complexity index is 3850. The van der Waals surface area contributed by atoms with Gasteiger partial charge in [0.25, 0.3) is 0 Å². The van der Waals surface area contributed by atoms with E-state index >= 15 is 0 Å². The molecular weight excluding hydrogens is 843 g/mol. The van der Waals surface area contributed by atoms with Crippen LogP contribution in [0.3, 0.4) is 0 Å². The van der Waals surface area contributed by atoms with E-state index in [0.29, 0.717) is 0 Å². The van der Waals surface area contributed by atoms with Crippen LogP contribution in [0, 0.1) is 0 Å². The first-order valence-electron chi connectivity index (χ1n) is 24.6. The summed E-state index contributed by atoms with van der Waals surface area (Å²) in [6, 6.07) is 98.6. The molecule has 13 rings (SSSR count). The topological polar surface area (TPSA) is 4.93 Å². The van der Waals surface area contributed by atoms with E-state index in [-0.39, 0.29) is 5.92 Å². The molecular formula is C69H49N. The number of rotatable bonds is 10. The van der Waals surface area contributed by atoms with E-state index in [1.165, 1.54) is 116 Å². The molecule has 1 heterocycles. The Hall–Kier alpha value is -8.78. The first-order chi connectivity index (χ1) is 34.7. The van der Waals surface area contributed by atoms with Gasteiger partial charge in [0.1, 0.15) is 0 Å². The van der Waals surface area contributed by atoms with E-state index in [1.54, 1.807) is 0 Å². The van der Waals surface area contributed by atoms with Crippen LogP contribution in [0.1, 0.15) is 51.3 Å². The van der Waals surface area contributed by atoms with Gasteiger partial charge < -0.3 is 4.57 Å². The molecule has 1 unspecified atom stereocenters. The highest BCUT2D eigenvalue weighted by Gasteiger charge is 2.29. The lowest BCUT2D eigenvalue weighted by atomic mass is 9.82. The maximum Gasteiger partial charge on any atom is 0.0541 e. The lowest BCUT2D eigenvalue weighted by Crippen LogP contribution is -2.05. The minimum Gasteiger partial charge on any atom is -0.309 e. The van der Waals surface area contributed by atoms with Crippen molar-refractivity contribution in [2.24, 2.45) is 0 Å². The molecule has 1 aromatic heterocycles. The Morgan fingerprint density at radius 2 is 0.914 bits per heavy atom. The first kappa shape index (κ1) is 41.4. The molecule has 1 aliphatic carbocycles. The quantitative estimate of drug-likeness (QED) is 0.129. The van der Waals surface area contributed by atoms with Gasteiger partial charge in [0.2, 0.25) is 0 Å². The van der Waals surface area contributed by atoms with Gasteiger partial charge in [-0.3, -0.25) is 0 Å². The van der Waals surface area contributed by atoms with Crippen LogP contribution in [0.5, 0.6) is 0 Å². The largest absolute Gasteiger partial charge is 0.309 e. The molecule has 1 heteroatoms. The average Bonchev–Trinajstić information content (AvgIpc) is 3.94. The maximum atomic E-state index is 2.53. The van der Waals surface area contributed by atoms with E-state index in [4.69, 9.17) is 0 Å². The van der Waals surface area contributed by atoms with Gasteiger partial charge in [-0.15, -0.1) is 0 Å². The van der Waals surface area contributed by atoms with Crippen molar-refractivity contribution in [1.29, 1.82) is 0 Å². The number of benzene rings is 11. The Labute approximate surface area is 409 Å². The standard InChI is InChI=1S/C69H49N/c1-4-17-48(18-5-1)49-36-40-56(41-37-49)70-66-30-15-14-27-62(66)64-45-54(39-44-67(64)70)50-34-31-47(32-35-50)33-42-58(59-29-16-24-51-19-10-11-25-57(51)59)55-38-43-61-60-26-12-13-28-63(60)69(65(61)46-55)68(52-20-6-2-7-21-52)53-22-8-3-9-23-53/h1-32,34-41,43-46,58H,33,42H2. The highest BCUT2D eigenvalue weighted by atomic mass is 15.0. The fourth-order valence-corrected chi connectivity index (χ4v) is 11.3. The molecule has 1 nitrogen and oxygen atoms in total. The molecule has 0 saturated carbocycles. The summed E-state index contributed by atoms with van der Waals surface area (Å²) in [5.74, 6) is 0.173. The van der Waals surface area contributed by atoms with Crippen molar-refractivity contribution < 1.29 is 0 Å². The molecule has 0 radical (unpaired) electrons. The Morgan fingerprint density at radius 1 is 0.357 bits per heavy atom. The highest BCUT2D eigenvalue weighted by Crippen LogP contribution is 2.50. The zero-order valence-corrected chi connectivity index (χ0v) is 38.8. The molecule has 330 valence electrons. The van der Waals surface area contributed by atoms with Crippen molar-refractivity contribution in [3.8, 4) is 39.1 Å². The van der Waals surface area contributed by atoms with E-state index in [9.17, 15) is 0 Å². The number of fused-ring (bicyclic) bond motifs is 7. The molecule has 0 saturated heterocycles. The van der Waals surface area contributed by atoms with E-state index < -0.39 is 0 Å². The summed E-state index contributed by atoms with van der Waals surface area (Å²) in [6.07, 6.45) is 1.92. The molecule has 70 heavy (non-hydrogen) atoms. The third kappa shape index (κ3) is 7.35. The Kier molecular flexibility index (Phi) is 10.5. The minimum atomic E-state index is 0.173. The molecule has 1 atom stereocenters. The lowest BCUT2D eigenvalue weighted by Gasteiger charge is -2.22. The second-order valence-corrected chi connectivity index (χ2v) is 18.7. The van der Waals surface area contributed by atoms with Gasteiger partial charge in [0.05, 0.1) is 11.0 Å². The second-order valence-electron chi connectivity index (χ2n) is 18.7. The van der Waals surface area contributed by atoms with Crippen molar-refractivity contribution >= 4 is 43.7 Å². The van der Waals surface area contributed by atoms with Gasteiger partial charge in [-0.1, -0.05) is 231 Å². The van der Waals surface area contributed by atoms with Crippen LogP contribution in [0.25, 0.3) is 82.8 Å². The zero-order valence-electron chi connectivity index (χ0n) is 38.8. The summed E-state index contributed by atoms with van der Waals surface area (Å²) in [7, 11) is 0. The van der Waals surface area contributed by atoms with E-state index in [0.717, 1.165) is 18.5 Å². The summed E-state index contributed by atoms with van der Waals surface area (Å²) in [5, 5.41) is 5.12. The summed E-state index contributed by atoms with van der Waals surface area (Å²) in [5.41, 5.74) is 22.8. The summed E-state index contributed by atoms with van der Waals surface area (Å²) < 4.78 is 2.40. The smallest absolute Gasteiger partial charge is 0.0541 e. The lowest BCUT2D eigenvalue weighted by molar-refractivity contribution is 0.720. The summed E-state index contributed by atoms with van der Waals surface area (Å²) in [4.78, 5) is 0. The van der Waals surface area contributed by atoms with Gasteiger partial charge >= 0.3 is 0 Å². The van der Waals surface area contributed by atoms with Crippen LogP contribution >= 0.6 is 0 Å². The molecule has 0 fully saturated rings. The molecule has 0 aliphatic heterocycles. The molecule has 0 bridgehead atoms. The molecule has 12 aromatic rings. The predicted octanol–water partition coefficient (Wildman–Crippen LogP) is 18.0. The number of nitrogens with zero attached hydrogens (tertiary/aromatic N) is 1.